The molecule has 0 saturated carbocycles. The number of aliphatic imine (C=N–C) groups is 1. The lowest BCUT2D eigenvalue weighted by atomic mass is 10.1. The third-order valence-electron chi connectivity index (χ3n) is 2.49. The fraction of sp³-hybridized carbons (Fsp3) is 0.364. The van der Waals surface area contributed by atoms with Crippen molar-refractivity contribution in [2.24, 2.45) is 4.99 Å². The molecule has 0 saturated heterocycles. The van der Waals surface area contributed by atoms with Crippen LogP contribution in [0.4, 0.5) is 5.69 Å². The normalized spacial score (nSPS) is 15.2. The van der Waals surface area contributed by atoms with Gasteiger partial charge >= 0.3 is 0 Å². The van der Waals surface area contributed by atoms with Crippen LogP contribution in [-0.4, -0.2) is 18.9 Å². The lowest BCUT2D eigenvalue weighted by molar-refractivity contribution is 0.832. The van der Waals surface area contributed by atoms with Crippen molar-refractivity contribution in [3.05, 3.63) is 29.8 Å². The minimum atomic E-state index is 0.805. The highest BCUT2D eigenvalue weighted by molar-refractivity contribution is 6.04. The van der Waals surface area contributed by atoms with E-state index in [2.05, 4.69) is 48.0 Å². The molecule has 0 N–H and O–H groups in total. The molecule has 0 aromatic heterocycles. The lowest BCUT2D eigenvalue weighted by Gasteiger charge is -2.27. The van der Waals surface area contributed by atoms with Crippen LogP contribution in [0.15, 0.2) is 29.3 Å². The Morgan fingerprint density at radius 2 is 2.15 bits per heavy atom. The van der Waals surface area contributed by atoms with Gasteiger partial charge < -0.3 is 4.90 Å². The Morgan fingerprint density at radius 3 is 2.92 bits per heavy atom. The molecule has 2 rings (SSSR count). The molecular weight excluding hydrogens is 160 g/mol. The van der Waals surface area contributed by atoms with Gasteiger partial charge in [-0.2, -0.15) is 0 Å². The summed E-state index contributed by atoms with van der Waals surface area (Å²) in [5.41, 5.74) is 3.74. The van der Waals surface area contributed by atoms with Crippen molar-refractivity contribution >= 4 is 11.4 Å². The lowest BCUT2D eigenvalue weighted by Crippen LogP contribution is -2.28. The van der Waals surface area contributed by atoms with Crippen LogP contribution < -0.4 is 4.90 Å². The molecule has 1 aliphatic heterocycles. The number of fused-ring (bicyclic) bond motifs is 1. The van der Waals surface area contributed by atoms with Crippen LogP contribution in [0.25, 0.3) is 0 Å². The topological polar surface area (TPSA) is 15.6 Å². The zero-order valence-electron chi connectivity index (χ0n) is 8.12. The van der Waals surface area contributed by atoms with Crippen LogP contribution in [0.3, 0.4) is 0 Å². The Labute approximate surface area is 78.9 Å². The average molecular weight is 174 g/mol. The van der Waals surface area contributed by atoms with Gasteiger partial charge in [0.25, 0.3) is 0 Å². The number of hydrogen-bond acceptors (Lipinski definition) is 2. The van der Waals surface area contributed by atoms with E-state index < -0.39 is 0 Å². The van der Waals surface area contributed by atoms with Crippen LogP contribution in [0, 0.1) is 0 Å². The molecule has 0 aliphatic carbocycles. The van der Waals surface area contributed by atoms with Crippen molar-refractivity contribution in [2.75, 3.05) is 18.1 Å². The molecule has 0 amide bonds. The predicted octanol–water partition coefficient (Wildman–Crippen LogP) is 2.29. The van der Waals surface area contributed by atoms with Gasteiger partial charge in [-0.25, -0.2) is 0 Å². The van der Waals surface area contributed by atoms with Crippen molar-refractivity contribution in [1.82, 2.24) is 0 Å². The zero-order valence-corrected chi connectivity index (χ0v) is 8.12. The zero-order chi connectivity index (χ0) is 9.26. The van der Waals surface area contributed by atoms with Crippen molar-refractivity contribution in [3.63, 3.8) is 0 Å². The fourth-order valence-electron chi connectivity index (χ4n) is 1.68. The van der Waals surface area contributed by atoms with Gasteiger partial charge in [0.15, 0.2) is 0 Å². The van der Waals surface area contributed by atoms with E-state index in [-0.39, 0.29) is 0 Å². The average Bonchev–Trinajstić information content (AvgIpc) is 2.19. The SMILES string of the molecule is CCN1CN=C(C)c2ccccc21. The quantitative estimate of drug-likeness (QED) is 0.637. The highest BCUT2D eigenvalue weighted by Gasteiger charge is 2.14. The van der Waals surface area contributed by atoms with Crippen LogP contribution in [-0.2, 0) is 0 Å². The summed E-state index contributed by atoms with van der Waals surface area (Å²) in [6.07, 6.45) is 0. The van der Waals surface area contributed by atoms with E-state index in [9.17, 15) is 0 Å². The summed E-state index contributed by atoms with van der Waals surface area (Å²) in [5, 5.41) is 0. The first kappa shape index (κ1) is 8.30. The molecule has 1 aromatic rings. The standard InChI is InChI=1S/C11H14N2/c1-3-13-8-12-9(2)10-6-4-5-7-11(10)13/h4-7H,3,8H2,1-2H3. The highest BCUT2D eigenvalue weighted by atomic mass is 15.2. The Bertz CT molecular complexity index is 342. The Morgan fingerprint density at radius 1 is 1.38 bits per heavy atom. The molecule has 1 aromatic carbocycles. The minimum absolute atomic E-state index is 0.805. The summed E-state index contributed by atoms with van der Waals surface area (Å²) in [6.45, 7) is 6.06. The van der Waals surface area contributed by atoms with Gasteiger partial charge in [-0.1, -0.05) is 18.2 Å². The summed E-state index contributed by atoms with van der Waals surface area (Å²) in [7, 11) is 0. The van der Waals surface area contributed by atoms with Crippen molar-refractivity contribution in [1.29, 1.82) is 0 Å². The smallest absolute Gasteiger partial charge is 0.110 e. The molecule has 1 heterocycles. The highest BCUT2D eigenvalue weighted by Crippen LogP contribution is 2.24. The van der Waals surface area contributed by atoms with Gasteiger partial charge in [0.05, 0.1) is 0 Å². The van der Waals surface area contributed by atoms with Gasteiger partial charge in [0.2, 0.25) is 0 Å². The Kier molecular flexibility index (Phi) is 2.05. The third-order valence-corrected chi connectivity index (χ3v) is 2.49. The molecule has 0 fully saturated rings. The summed E-state index contributed by atoms with van der Waals surface area (Å²) < 4.78 is 0. The van der Waals surface area contributed by atoms with Crippen LogP contribution >= 0.6 is 0 Å². The van der Waals surface area contributed by atoms with Crippen molar-refractivity contribution < 1.29 is 0 Å². The number of hydrogen-bond donors (Lipinski definition) is 0. The molecule has 0 spiro atoms. The first-order valence-corrected chi connectivity index (χ1v) is 4.68. The number of nitrogens with zero attached hydrogens (tertiary/aromatic N) is 2. The van der Waals surface area contributed by atoms with E-state index in [1.807, 2.05) is 0 Å². The van der Waals surface area contributed by atoms with Gasteiger partial charge in [0, 0.05) is 23.5 Å². The molecule has 2 heteroatoms. The van der Waals surface area contributed by atoms with Crippen molar-refractivity contribution in [2.45, 2.75) is 13.8 Å². The molecule has 0 unspecified atom stereocenters. The van der Waals surface area contributed by atoms with Crippen LogP contribution in [0.1, 0.15) is 19.4 Å². The van der Waals surface area contributed by atoms with E-state index in [0.717, 1.165) is 18.9 Å². The molecular formula is C11H14N2. The molecule has 0 atom stereocenters. The summed E-state index contributed by atoms with van der Waals surface area (Å²) in [6, 6.07) is 8.45. The van der Waals surface area contributed by atoms with E-state index in [1.54, 1.807) is 0 Å². The fourth-order valence-corrected chi connectivity index (χ4v) is 1.68. The predicted molar refractivity (Wildman–Crippen MR) is 56.5 cm³/mol. The third kappa shape index (κ3) is 1.32. The maximum Gasteiger partial charge on any atom is 0.110 e. The van der Waals surface area contributed by atoms with E-state index >= 15 is 0 Å². The molecule has 68 valence electrons. The molecule has 1 aliphatic rings. The second kappa shape index (κ2) is 3.21. The monoisotopic (exact) mass is 174 g/mol. The number of para-hydroxylation sites is 1. The Hall–Kier alpha value is -1.31. The number of anilines is 1. The van der Waals surface area contributed by atoms with Gasteiger partial charge in [-0.05, 0) is 19.9 Å². The van der Waals surface area contributed by atoms with Crippen molar-refractivity contribution in [3.8, 4) is 0 Å². The van der Waals surface area contributed by atoms with Gasteiger partial charge in [-0.15, -0.1) is 0 Å². The molecule has 13 heavy (non-hydrogen) atoms. The Balaban J connectivity index is 2.50. The first-order chi connectivity index (χ1) is 6.33. The molecule has 2 nitrogen and oxygen atoms in total. The van der Waals surface area contributed by atoms with E-state index in [4.69, 9.17) is 0 Å². The minimum Gasteiger partial charge on any atom is -0.352 e. The molecule has 0 bridgehead atoms. The molecule has 0 radical (unpaired) electrons. The maximum absolute atomic E-state index is 4.47. The van der Waals surface area contributed by atoms with Gasteiger partial charge in [0.1, 0.15) is 6.67 Å². The largest absolute Gasteiger partial charge is 0.352 e. The van der Waals surface area contributed by atoms with Crippen LogP contribution in [0.2, 0.25) is 0 Å². The van der Waals surface area contributed by atoms with E-state index in [1.165, 1.54) is 11.3 Å². The summed E-state index contributed by atoms with van der Waals surface area (Å²) in [4.78, 5) is 6.75. The van der Waals surface area contributed by atoms with Gasteiger partial charge in [-0.3, -0.25) is 4.99 Å². The second-order valence-corrected chi connectivity index (χ2v) is 3.26. The second-order valence-electron chi connectivity index (χ2n) is 3.26. The maximum atomic E-state index is 4.47. The first-order valence-electron chi connectivity index (χ1n) is 4.68. The summed E-state index contributed by atoms with van der Waals surface area (Å²) in [5.74, 6) is 0. The number of benzene rings is 1. The van der Waals surface area contributed by atoms with Crippen LogP contribution in [0.5, 0.6) is 0 Å². The van der Waals surface area contributed by atoms with E-state index in [0.29, 0.717) is 0 Å². The number of rotatable bonds is 1. The summed E-state index contributed by atoms with van der Waals surface area (Å²) >= 11 is 0.